The third-order valence-electron chi connectivity index (χ3n) is 5.57. The second kappa shape index (κ2) is 11.7. The number of nitrogens with one attached hydrogen (secondary N) is 2. The molecular weight excluding hydrogens is 484 g/mol. The molecule has 6 nitrogen and oxygen atoms in total. The highest BCUT2D eigenvalue weighted by molar-refractivity contribution is 7.89. The van der Waals surface area contributed by atoms with Crippen LogP contribution in [0.4, 0.5) is 5.69 Å². The monoisotopic (exact) mass is 514 g/mol. The Morgan fingerprint density at radius 1 is 1.03 bits per heavy atom. The van der Waals surface area contributed by atoms with Crippen LogP contribution in [-0.4, -0.2) is 27.0 Å². The fourth-order valence-electron chi connectivity index (χ4n) is 3.81. The number of sulfonamides is 1. The Kier molecular flexibility index (Phi) is 8.94. The predicted octanol–water partition coefficient (Wildman–Crippen LogP) is 5.70. The Hall–Kier alpha value is -2.87. The highest BCUT2D eigenvalue weighted by atomic mass is 35.5. The molecule has 3 aromatic carbocycles. The molecule has 0 aliphatic carbocycles. The summed E-state index contributed by atoms with van der Waals surface area (Å²) in [6.07, 6.45) is 0.166. The van der Waals surface area contributed by atoms with Gasteiger partial charge in [0.25, 0.3) is 0 Å². The summed E-state index contributed by atoms with van der Waals surface area (Å²) < 4.78 is 35.0. The molecule has 3 aromatic rings. The van der Waals surface area contributed by atoms with Crippen molar-refractivity contribution in [3.63, 3.8) is 0 Å². The Bertz CT molecular complexity index is 1280. The number of rotatable bonds is 10. The second-order valence-corrected chi connectivity index (χ2v) is 10.7. The van der Waals surface area contributed by atoms with E-state index in [0.29, 0.717) is 5.69 Å². The maximum Gasteiger partial charge on any atom is 0.245 e. The van der Waals surface area contributed by atoms with Crippen molar-refractivity contribution in [2.75, 3.05) is 11.9 Å². The zero-order valence-corrected chi connectivity index (χ0v) is 21.9. The SMILES string of the molecule is CCOc1ccc(Cl)cc1S(=O)(=O)NC(Cc1ccccc1)C(=O)Nc1c(C)cccc1C(C)C. The number of benzene rings is 3. The van der Waals surface area contributed by atoms with Crippen LogP contribution in [0.2, 0.25) is 5.02 Å². The highest BCUT2D eigenvalue weighted by Crippen LogP contribution is 2.29. The number of carbonyl (C=O) groups excluding carboxylic acids is 1. The number of aryl methyl sites for hydroxylation is 1. The van der Waals surface area contributed by atoms with Gasteiger partial charge in [-0.05, 0) is 61.1 Å². The molecule has 186 valence electrons. The van der Waals surface area contributed by atoms with Gasteiger partial charge in [0.05, 0.1) is 6.61 Å². The van der Waals surface area contributed by atoms with Crippen molar-refractivity contribution >= 4 is 33.2 Å². The van der Waals surface area contributed by atoms with Gasteiger partial charge in [-0.3, -0.25) is 4.79 Å². The van der Waals surface area contributed by atoms with Gasteiger partial charge in [0.1, 0.15) is 16.7 Å². The van der Waals surface area contributed by atoms with Gasteiger partial charge < -0.3 is 10.1 Å². The fourth-order valence-corrected chi connectivity index (χ4v) is 5.41. The summed E-state index contributed by atoms with van der Waals surface area (Å²) in [5.74, 6) is -0.104. The smallest absolute Gasteiger partial charge is 0.245 e. The Morgan fingerprint density at radius 3 is 2.40 bits per heavy atom. The van der Waals surface area contributed by atoms with Crippen LogP contribution in [0.3, 0.4) is 0 Å². The van der Waals surface area contributed by atoms with Gasteiger partial charge in [-0.2, -0.15) is 4.72 Å². The van der Waals surface area contributed by atoms with E-state index in [1.54, 1.807) is 13.0 Å². The van der Waals surface area contributed by atoms with E-state index in [2.05, 4.69) is 10.0 Å². The minimum atomic E-state index is -4.15. The molecular formula is C27H31ClN2O4S. The van der Waals surface area contributed by atoms with Crippen LogP contribution in [0.1, 0.15) is 43.4 Å². The normalized spacial score (nSPS) is 12.4. The lowest BCUT2D eigenvalue weighted by molar-refractivity contribution is -0.117. The lowest BCUT2D eigenvalue weighted by atomic mass is 9.97. The van der Waals surface area contributed by atoms with Gasteiger partial charge >= 0.3 is 0 Å². The van der Waals surface area contributed by atoms with Crippen LogP contribution in [0.25, 0.3) is 0 Å². The first-order valence-electron chi connectivity index (χ1n) is 11.5. The van der Waals surface area contributed by atoms with E-state index >= 15 is 0 Å². The molecule has 3 rings (SSSR count). The molecule has 8 heteroatoms. The number of carbonyl (C=O) groups is 1. The lowest BCUT2D eigenvalue weighted by Gasteiger charge is -2.22. The molecule has 0 heterocycles. The molecule has 2 N–H and O–H groups in total. The van der Waals surface area contributed by atoms with Crippen LogP contribution < -0.4 is 14.8 Å². The van der Waals surface area contributed by atoms with Gasteiger partial charge in [-0.1, -0.05) is 74.0 Å². The second-order valence-electron chi connectivity index (χ2n) is 8.57. The largest absolute Gasteiger partial charge is 0.492 e. The van der Waals surface area contributed by atoms with Crippen molar-refractivity contribution in [3.05, 3.63) is 88.4 Å². The van der Waals surface area contributed by atoms with E-state index in [9.17, 15) is 13.2 Å². The van der Waals surface area contributed by atoms with Crippen molar-refractivity contribution in [1.29, 1.82) is 0 Å². The highest BCUT2D eigenvalue weighted by Gasteiger charge is 2.29. The maximum absolute atomic E-state index is 13.5. The van der Waals surface area contributed by atoms with Crippen molar-refractivity contribution in [2.24, 2.45) is 0 Å². The summed E-state index contributed by atoms with van der Waals surface area (Å²) in [4.78, 5) is 13.4. The van der Waals surface area contributed by atoms with Gasteiger partial charge in [0, 0.05) is 10.7 Å². The summed E-state index contributed by atoms with van der Waals surface area (Å²) in [5, 5.41) is 3.23. The van der Waals surface area contributed by atoms with Crippen LogP contribution in [0.5, 0.6) is 5.75 Å². The molecule has 35 heavy (non-hydrogen) atoms. The Balaban J connectivity index is 1.99. The van der Waals surface area contributed by atoms with Gasteiger partial charge in [-0.25, -0.2) is 8.42 Å². The molecule has 0 aliphatic heterocycles. The van der Waals surface area contributed by atoms with Gasteiger partial charge in [0.15, 0.2) is 0 Å². The van der Waals surface area contributed by atoms with E-state index in [1.807, 2.05) is 69.3 Å². The van der Waals surface area contributed by atoms with Crippen molar-refractivity contribution in [1.82, 2.24) is 4.72 Å². The number of hydrogen-bond acceptors (Lipinski definition) is 4. The molecule has 0 fully saturated rings. The van der Waals surface area contributed by atoms with Gasteiger partial charge in [0.2, 0.25) is 15.9 Å². The first-order chi connectivity index (χ1) is 16.6. The molecule has 0 spiro atoms. The van der Waals surface area contributed by atoms with Crippen molar-refractivity contribution < 1.29 is 17.9 Å². The summed E-state index contributed by atoms with van der Waals surface area (Å²) >= 11 is 6.10. The molecule has 0 aliphatic rings. The Labute approximate surface area is 212 Å². The minimum Gasteiger partial charge on any atom is -0.492 e. The zero-order valence-electron chi connectivity index (χ0n) is 20.3. The fraction of sp³-hybridized carbons (Fsp3) is 0.296. The average molecular weight is 515 g/mol. The van der Waals surface area contributed by atoms with Crippen LogP contribution in [-0.2, 0) is 21.2 Å². The first kappa shape index (κ1) is 26.7. The number of ether oxygens (including phenoxy) is 1. The molecule has 0 aromatic heterocycles. The molecule has 1 unspecified atom stereocenters. The number of hydrogen-bond donors (Lipinski definition) is 2. The van der Waals surface area contributed by atoms with E-state index < -0.39 is 22.0 Å². The van der Waals surface area contributed by atoms with Crippen molar-refractivity contribution in [2.45, 2.75) is 51.0 Å². The number of para-hydroxylation sites is 1. The molecule has 0 bridgehead atoms. The molecule has 1 amide bonds. The summed E-state index contributed by atoms with van der Waals surface area (Å²) in [5.41, 5.74) is 3.40. The molecule has 0 saturated carbocycles. The summed E-state index contributed by atoms with van der Waals surface area (Å²) in [6.45, 7) is 8.05. The topological polar surface area (TPSA) is 84.5 Å². The summed E-state index contributed by atoms with van der Waals surface area (Å²) in [7, 11) is -4.15. The molecule has 0 saturated heterocycles. The van der Waals surface area contributed by atoms with Crippen LogP contribution in [0, 0.1) is 6.92 Å². The molecule has 1 atom stereocenters. The number of anilines is 1. The predicted molar refractivity (Wildman–Crippen MR) is 141 cm³/mol. The quantitative estimate of drug-likeness (QED) is 0.363. The minimum absolute atomic E-state index is 0.114. The summed E-state index contributed by atoms with van der Waals surface area (Å²) in [6, 6.07) is 18.4. The van der Waals surface area contributed by atoms with E-state index in [-0.39, 0.29) is 34.6 Å². The van der Waals surface area contributed by atoms with Crippen LogP contribution >= 0.6 is 11.6 Å². The van der Waals surface area contributed by atoms with Gasteiger partial charge in [-0.15, -0.1) is 0 Å². The number of amides is 1. The van der Waals surface area contributed by atoms with Crippen molar-refractivity contribution in [3.8, 4) is 5.75 Å². The third-order valence-corrected chi connectivity index (χ3v) is 7.29. The third kappa shape index (κ3) is 6.84. The van der Waals surface area contributed by atoms with E-state index in [1.165, 1.54) is 12.1 Å². The van der Waals surface area contributed by atoms with Crippen LogP contribution in [0.15, 0.2) is 71.6 Å². The standard InChI is InChI=1S/C27H31ClN2O4S/c1-5-34-24-15-14-21(28)17-25(24)35(32,33)30-23(16-20-11-7-6-8-12-20)27(31)29-26-19(4)10-9-13-22(26)18(2)3/h6-15,17-18,23,30H,5,16H2,1-4H3,(H,29,31). The van der Waals surface area contributed by atoms with E-state index in [0.717, 1.165) is 16.7 Å². The maximum atomic E-state index is 13.5. The average Bonchev–Trinajstić information content (AvgIpc) is 2.81. The lowest BCUT2D eigenvalue weighted by Crippen LogP contribution is -2.45. The van der Waals surface area contributed by atoms with E-state index in [4.69, 9.17) is 16.3 Å². The number of halogens is 1. The zero-order chi connectivity index (χ0) is 25.6. The molecule has 0 radical (unpaired) electrons. The Morgan fingerprint density at radius 2 is 1.74 bits per heavy atom. The first-order valence-corrected chi connectivity index (χ1v) is 13.4.